The van der Waals surface area contributed by atoms with E-state index in [1.165, 1.54) is 0 Å². The van der Waals surface area contributed by atoms with Crippen LogP contribution in [0.15, 0.2) is 48.8 Å². The van der Waals surface area contributed by atoms with E-state index in [4.69, 9.17) is 5.11 Å². The van der Waals surface area contributed by atoms with Gasteiger partial charge in [0.25, 0.3) is 0 Å². The standard InChI is InChI=1S/C20H22N2O3/c1-13(22-19(23)16-8-9-17(11-16)20(24)25)14-4-6-15(7-5-14)18-3-2-10-21-12-18/h2-7,10,12-13,16-17H,8-9,11H2,1H3,(H,22,23)(H,24,25)/t13?,16-,17+/m1/s1. The lowest BCUT2D eigenvalue weighted by atomic mass is 10.0. The van der Waals surface area contributed by atoms with Crippen molar-refractivity contribution in [3.63, 3.8) is 0 Å². The summed E-state index contributed by atoms with van der Waals surface area (Å²) in [6.45, 7) is 1.95. The molecule has 1 aromatic carbocycles. The number of aliphatic carboxylic acids is 1. The van der Waals surface area contributed by atoms with E-state index in [9.17, 15) is 9.59 Å². The van der Waals surface area contributed by atoms with Crippen LogP contribution in [0.25, 0.3) is 11.1 Å². The maximum Gasteiger partial charge on any atom is 0.306 e. The van der Waals surface area contributed by atoms with Crippen molar-refractivity contribution >= 4 is 11.9 Å². The summed E-state index contributed by atoms with van der Waals surface area (Å²) >= 11 is 0. The molecule has 1 heterocycles. The van der Waals surface area contributed by atoms with Gasteiger partial charge in [0.2, 0.25) is 5.91 Å². The molecule has 1 aliphatic carbocycles. The molecule has 130 valence electrons. The largest absolute Gasteiger partial charge is 0.481 e. The van der Waals surface area contributed by atoms with Crippen LogP contribution in [0.4, 0.5) is 0 Å². The summed E-state index contributed by atoms with van der Waals surface area (Å²) in [5.74, 6) is -1.43. The fourth-order valence-corrected chi connectivity index (χ4v) is 3.36. The molecule has 2 aromatic rings. The summed E-state index contributed by atoms with van der Waals surface area (Å²) in [5, 5.41) is 12.1. The first-order valence-electron chi connectivity index (χ1n) is 8.58. The molecule has 3 rings (SSSR count). The lowest BCUT2D eigenvalue weighted by Gasteiger charge is -2.18. The minimum atomic E-state index is -0.797. The molecule has 2 N–H and O–H groups in total. The predicted molar refractivity (Wildman–Crippen MR) is 94.7 cm³/mol. The molecule has 5 nitrogen and oxygen atoms in total. The second-order valence-corrected chi connectivity index (χ2v) is 6.64. The molecule has 1 amide bonds. The number of pyridine rings is 1. The fraction of sp³-hybridized carbons (Fsp3) is 0.350. The SMILES string of the molecule is CC(NC(=O)[C@@H]1CC[C@H](C(=O)O)C1)c1ccc(-c2cccnc2)cc1. The van der Waals surface area contributed by atoms with Crippen molar-refractivity contribution in [3.05, 3.63) is 54.4 Å². The van der Waals surface area contributed by atoms with Crippen molar-refractivity contribution in [1.82, 2.24) is 10.3 Å². The summed E-state index contributed by atoms with van der Waals surface area (Å²) in [6.07, 6.45) is 5.23. The molecule has 0 spiro atoms. The van der Waals surface area contributed by atoms with Gasteiger partial charge in [-0.05, 0) is 48.9 Å². The van der Waals surface area contributed by atoms with E-state index in [0.29, 0.717) is 19.3 Å². The molecular formula is C20H22N2O3. The quantitative estimate of drug-likeness (QED) is 0.875. The summed E-state index contributed by atoms with van der Waals surface area (Å²) in [7, 11) is 0. The first kappa shape index (κ1) is 17.1. The first-order chi connectivity index (χ1) is 12.0. The molecule has 1 aliphatic rings. The van der Waals surface area contributed by atoms with E-state index in [0.717, 1.165) is 16.7 Å². The normalized spacial score (nSPS) is 20.8. The lowest BCUT2D eigenvalue weighted by molar-refractivity contribution is -0.141. The van der Waals surface area contributed by atoms with E-state index < -0.39 is 5.97 Å². The van der Waals surface area contributed by atoms with Crippen molar-refractivity contribution in [1.29, 1.82) is 0 Å². The van der Waals surface area contributed by atoms with Crippen molar-refractivity contribution in [2.75, 3.05) is 0 Å². The van der Waals surface area contributed by atoms with Gasteiger partial charge in [-0.2, -0.15) is 0 Å². The molecule has 1 fully saturated rings. The fourth-order valence-electron chi connectivity index (χ4n) is 3.36. The van der Waals surface area contributed by atoms with Gasteiger partial charge in [-0.15, -0.1) is 0 Å². The smallest absolute Gasteiger partial charge is 0.306 e. The van der Waals surface area contributed by atoms with Crippen molar-refractivity contribution in [2.24, 2.45) is 11.8 Å². The number of hydrogen-bond acceptors (Lipinski definition) is 3. The Labute approximate surface area is 147 Å². The minimum Gasteiger partial charge on any atom is -0.481 e. The van der Waals surface area contributed by atoms with Crippen LogP contribution >= 0.6 is 0 Å². The maximum absolute atomic E-state index is 12.4. The topological polar surface area (TPSA) is 79.3 Å². The number of amides is 1. The van der Waals surface area contributed by atoms with Gasteiger partial charge < -0.3 is 10.4 Å². The van der Waals surface area contributed by atoms with Gasteiger partial charge >= 0.3 is 5.97 Å². The third-order valence-electron chi connectivity index (χ3n) is 4.92. The summed E-state index contributed by atoms with van der Waals surface area (Å²) in [4.78, 5) is 27.5. The Bertz CT molecular complexity index is 743. The highest BCUT2D eigenvalue weighted by molar-refractivity contribution is 5.81. The second-order valence-electron chi connectivity index (χ2n) is 6.64. The number of nitrogens with zero attached hydrogens (tertiary/aromatic N) is 1. The van der Waals surface area contributed by atoms with Gasteiger partial charge in [0.1, 0.15) is 0 Å². The van der Waals surface area contributed by atoms with Gasteiger partial charge in [-0.1, -0.05) is 30.3 Å². The van der Waals surface area contributed by atoms with E-state index in [-0.39, 0.29) is 23.8 Å². The molecule has 3 atom stereocenters. The van der Waals surface area contributed by atoms with E-state index in [1.54, 1.807) is 6.20 Å². The van der Waals surface area contributed by atoms with Gasteiger partial charge in [-0.3, -0.25) is 14.6 Å². The van der Waals surface area contributed by atoms with Crippen LogP contribution in [-0.2, 0) is 9.59 Å². The van der Waals surface area contributed by atoms with Gasteiger partial charge in [0, 0.05) is 18.3 Å². The molecule has 0 aliphatic heterocycles. The summed E-state index contributed by atoms with van der Waals surface area (Å²) in [6, 6.07) is 11.8. The Kier molecular flexibility index (Phi) is 5.12. The lowest BCUT2D eigenvalue weighted by Crippen LogP contribution is -2.32. The highest BCUT2D eigenvalue weighted by Crippen LogP contribution is 2.31. The second kappa shape index (κ2) is 7.47. The first-order valence-corrected chi connectivity index (χ1v) is 8.58. The van der Waals surface area contributed by atoms with Crippen LogP contribution in [0.2, 0.25) is 0 Å². The van der Waals surface area contributed by atoms with Crippen LogP contribution in [-0.4, -0.2) is 22.0 Å². The summed E-state index contributed by atoms with van der Waals surface area (Å²) < 4.78 is 0. The van der Waals surface area contributed by atoms with Crippen LogP contribution in [0.1, 0.15) is 37.8 Å². The Balaban J connectivity index is 1.61. The number of carboxylic acid groups (broad SMARTS) is 1. The molecule has 0 saturated heterocycles. The number of carbonyl (C=O) groups excluding carboxylic acids is 1. The third kappa shape index (κ3) is 4.05. The van der Waals surface area contributed by atoms with E-state index in [2.05, 4.69) is 10.3 Å². The Morgan fingerprint density at radius 2 is 1.84 bits per heavy atom. The van der Waals surface area contributed by atoms with Crippen LogP contribution < -0.4 is 5.32 Å². The molecule has 1 saturated carbocycles. The highest BCUT2D eigenvalue weighted by Gasteiger charge is 2.34. The zero-order valence-electron chi connectivity index (χ0n) is 14.2. The minimum absolute atomic E-state index is 0.0485. The maximum atomic E-state index is 12.4. The van der Waals surface area contributed by atoms with E-state index >= 15 is 0 Å². The number of hydrogen-bond donors (Lipinski definition) is 2. The highest BCUT2D eigenvalue weighted by atomic mass is 16.4. The Hall–Kier alpha value is -2.69. The predicted octanol–water partition coefficient (Wildman–Crippen LogP) is 3.43. The average molecular weight is 338 g/mol. The molecule has 1 unspecified atom stereocenters. The zero-order chi connectivity index (χ0) is 17.8. The molecule has 0 bridgehead atoms. The molecule has 1 aromatic heterocycles. The van der Waals surface area contributed by atoms with Crippen molar-refractivity contribution in [2.45, 2.75) is 32.2 Å². The molecule has 25 heavy (non-hydrogen) atoms. The van der Waals surface area contributed by atoms with Crippen molar-refractivity contribution < 1.29 is 14.7 Å². The third-order valence-corrected chi connectivity index (χ3v) is 4.92. The Morgan fingerprint density at radius 1 is 1.12 bits per heavy atom. The molecular weight excluding hydrogens is 316 g/mol. The van der Waals surface area contributed by atoms with Gasteiger partial charge in [0.05, 0.1) is 12.0 Å². The number of benzene rings is 1. The van der Waals surface area contributed by atoms with Crippen molar-refractivity contribution in [3.8, 4) is 11.1 Å². The average Bonchev–Trinajstić information content (AvgIpc) is 3.13. The molecule has 0 radical (unpaired) electrons. The van der Waals surface area contributed by atoms with Gasteiger partial charge in [0.15, 0.2) is 0 Å². The van der Waals surface area contributed by atoms with Crippen LogP contribution in [0, 0.1) is 11.8 Å². The zero-order valence-corrected chi connectivity index (χ0v) is 14.2. The van der Waals surface area contributed by atoms with Crippen LogP contribution in [0.5, 0.6) is 0 Å². The van der Waals surface area contributed by atoms with Crippen LogP contribution in [0.3, 0.4) is 0 Å². The molecule has 5 heteroatoms. The monoisotopic (exact) mass is 338 g/mol. The number of rotatable bonds is 5. The number of carbonyl (C=O) groups is 2. The van der Waals surface area contributed by atoms with E-state index in [1.807, 2.05) is 49.5 Å². The van der Waals surface area contributed by atoms with Gasteiger partial charge in [-0.25, -0.2) is 0 Å². The number of nitrogens with one attached hydrogen (secondary N) is 1. The Morgan fingerprint density at radius 3 is 2.44 bits per heavy atom. The number of aromatic nitrogens is 1. The number of carboxylic acids is 1. The summed E-state index contributed by atoms with van der Waals surface area (Å²) in [5.41, 5.74) is 3.15.